The number of nitrogens with zero attached hydrogens (tertiary/aromatic N) is 2. The van der Waals surface area contributed by atoms with Gasteiger partial charge in [-0.2, -0.15) is 0 Å². The van der Waals surface area contributed by atoms with Crippen LogP contribution in [0.2, 0.25) is 0 Å². The average Bonchev–Trinajstić information content (AvgIpc) is 2.31. The van der Waals surface area contributed by atoms with Crippen LogP contribution >= 0.6 is 0 Å². The Morgan fingerprint density at radius 3 is 2.78 bits per heavy atom. The average molecular weight is 245 g/mol. The molecule has 0 aromatic heterocycles. The Balaban J connectivity index is 1.89. The molecule has 18 heavy (non-hydrogen) atoms. The molecule has 4 nitrogen and oxygen atoms in total. The summed E-state index contributed by atoms with van der Waals surface area (Å²) in [4.78, 5) is 15.7. The number of likely N-dealkylation sites (N-methyl/N-ethyl adjacent to an activating group) is 1. The van der Waals surface area contributed by atoms with Crippen LogP contribution in [0.4, 0.5) is 11.4 Å². The van der Waals surface area contributed by atoms with E-state index >= 15 is 0 Å². The number of amides is 1. The molecule has 0 radical (unpaired) electrons. The predicted molar refractivity (Wildman–Crippen MR) is 73.2 cm³/mol. The number of nitrogens with one attached hydrogen (secondary N) is 1. The lowest BCUT2D eigenvalue weighted by molar-refractivity contribution is -0.118. The molecule has 0 saturated carbocycles. The minimum Gasteiger partial charge on any atom is -0.369 e. The lowest BCUT2D eigenvalue weighted by atomic mass is 10.00. The summed E-state index contributed by atoms with van der Waals surface area (Å²) in [7, 11) is 4.00. The molecule has 1 aromatic rings. The summed E-state index contributed by atoms with van der Waals surface area (Å²) in [5.74, 6) is 0.215. The molecule has 0 bridgehead atoms. The van der Waals surface area contributed by atoms with E-state index in [1.54, 1.807) is 4.90 Å². The van der Waals surface area contributed by atoms with Crippen molar-refractivity contribution in [1.29, 1.82) is 0 Å². The van der Waals surface area contributed by atoms with Crippen LogP contribution in [0.1, 0.15) is 12.0 Å². The van der Waals surface area contributed by atoms with E-state index in [2.05, 4.69) is 35.5 Å². The molecular weight excluding hydrogens is 226 g/mol. The molecule has 4 heteroatoms. The summed E-state index contributed by atoms with van der Waals surface area (Å²) >= 11 is 0. The van der Waals surface area contributed by atoms with Crippen molar-refractivity contribution in [1.82, 2.24) is 5.32 Å². The van der Waals surface area contributed by atoms with E-state index in [9.17, 15) is 4.79 Å². The van der Waals surface area contributed by atoms with Crippen molar-refractivity contribution >= 4 is 17.3 Å². The smallest absolute Gasteiger partial charge is 0.227 e. The van der Waals surface area contributed by atoms with Crippen LogP contribution in [0.3, 0.4) is 0 Å². The standard InChI is InChI=1S/C14H19N3O/c1-16(12-8-15-9-12)11-4-5-13-10(7-11)3-6-14(18)17(13)2/h4-5,7,12,15H,3,6,8-9H2,1-2H3. The van der Waals surface area contributed by atoms with Gasteiger partial charge in [0, 0.05) is 45.0 Å². The fourth-order valence-corrected chi connectivity index (χ4v) is 2.62. The van der Waals surface area contributed by atoms with Crippen LogP contribution in [0.15, 0.2) is 18.2 Å². The lowest BCUT2D eigenvalue weighted by Crippen LogP contribution is -2.56. The van der Waals surface area contributed by atoms with Crippen LogP contribution in [0.25, 0.3) is 0 Å². The third kappa shape index (κ3) is 1.77. The van der Waals surface area contributed by atoms with Crippen molar-refractivity contribution in [2.75, 3.05) is 37.0 Å². The molecule has 3 rings (SSSR count). The highest BCUT2D eigenvalue weighted by Crippen LogP contribution is 2.31. The summed E-state index contributed by atoms with van der Waals surface area (Å²) < 4.78 is 0. The Kier molecular flexibility index (Phi) is 2.74. The zero-order valence-electron chi connectivity index (χ0n) is 10.9. The molecule has 0 unspecified atom stereocenters. The molecule has 96 valence electrons. The van der Waals surface area contributed by atoms with Gasteiger partial charge in [0.15, 0.2) is 0 Å². The second-order valence-corrected chi connectivity index (χ2v) is 5.19. The predicted octanol–water partition coefficient (Wildman–Crippen LogP) is 1.00. The highest BCUT2D eigenvalue weighted by atomic mass is 16.2. The van der Waals surface area contributed by atoms with Gasteiger partial charge in [0.05, 0.1) is 6.04 Å². The van der Waals surface area contributed by atoms with Crippen LogP contribution in [-0.2, 0) is 11.2 Å². The van der Waals surface area contributed by atoms with Crippen LogP contribution in [0.5, 0.6) is 0 Å². The molecule has 1 amide bonds. The summed E-state index contributed by atoms with van der Waals surface area (Å²) in [6, 6.07) is 7.03. The number of aryl methyl sites for hydroxylation is 1. The Morgan fingerprint density at radius 1 is 1.33 bits per heavy atom. The molecule has 0 atom stereocenters. The second-order valence-electron chi connectivity index (χ2n) is 5.19. The number of carbonyl (C=O) groups is 1. The maximum Gasteiger partial charge on any atom is 0.227 e. The second kappa shape index (κ2) is 4.28. The molecular formula is C14H19N3O. The number of hydrogen-bond donors (Lipinski definition) is 1. The van der Waals surface area contributed by atoms with Crippen molar-refractivity contribution in [2.45, 2.75) is 18.9 Å². The third-order valence-electron chi connectivity index (χ3n) is 4.12. The Bertz CT molecular complexity index is 482. The van der Waals surface area contributed by atoms with Crippen molar-refractivity contribution in [3.8, 4) is 0 Å². The minimum absolute atomic E-state index is 0.215. The van der Waals surface area contributed by atoms with Crippen molar-refractivity contribution in [3.63, 3.8) is 0 Å². The van der Waals surface area contributed by atoms with Crippen molar-refractivity contribution < 1.29 is 4.79 Å². The Labute approximate surface area is 108 Å². The van der Waals surface area contributed by atoms with E-state index < -0.39 is 0 Å². The zero-order chi connectivity index (χ0) is 12.7. The summed E-state index contributed by atoms with van der Waals surface area (Å²) in [6.07, 6.45) is 1.49. The number of carbonyl (C=O) groups excluding carboxylic acids is 1. The highest BCUT2D eigenvalue weighted by molar-refractivity contribution is 5.96. The Hall–Kier alpha value is -1.55. The minimum atomic E-state index is 0.215. The third-order valence-corrected chi connectivity index (χ3v) is 4.12. The maximum absolute atomic E-state index is 11.6. The molecule has 2 heterocycles. The number of rotatable bonds is 2. The molecule has 1 saturated heterocycles. The van der Waals surface area contributed by atoms with Gasteiger partial charge in [0.2, 0.25) is 5.91 Å². The first kappa shape index (κ1) is 11.5. The Morgan fingerprint density at radius 2 is 2.11 bits per heavy atom. The van der Waals surface area contributed by atoms with Gasteiger partial charge in [-0.05, 0) is 30.2 Å². The zero-order valence-corrected chi connectivity index (χ0v) is 10.9. The monoisotopic (exact) mass is 245 g/mol. The molecule has 1 fully saturated rings. The number of fused-ring (bicyclic) bond motifs is 1. The molecule has 1 N–H and O–H groups in total. The van der Waals surface area contributed by atoms with Gasteiger partial charge in [-0.3, -0.25) is 4.79 Å². The lowest BCUT2D eigenvalue weighted by Gasteiger charge is -2.38. The summed E-state index contributed by atoms with van der Waals surface area (Å²) in [5, 5.41) is 3.29. The first-order valence-electron chi connectivity index (χ1n) is 6.50. The summed E-state index contributed by atoms with van der Waals surface area (Å²) in [5.41, 5.74) is 3.60. The summed E-state index contributed by atoms with van der Waals surface area (Å²) in [6.45, 7) is 2.12. The van der Waals surface area contributed by atoms with E-state index in [0.717, 1.165) is 25.2 Å². The van der Waals surface area contributed by atoms with Gasteiger partial charge in [-0.1, -0.05) is 0 Å². The van der Waals surface area contributed by atoms with Gasteiger partial charge >= 0.3 is 0 Å². The fraction of sp³-hybridized carbons (Fsp3) is 0.500. The molecule has 0 aliphatic carbocycles. The van der Waals surface area contributed by atoms with Crippen molar-refractivity contribution in [2.24, 2.45) is 0 Å². The number of hydrogen-bond acceptors (Lipinski definition) is 3. The number of anilines is 2. The van der Waals surface area contributed by atoms with Gasteiger partial charge in [0.1, 0.15) is 0 Å². The van der Waals surface area contributed by atoms with Gasteiger partial charge < -0.3 is 15.1 Å². The molecule has 0 spiro atoms. The SMILES string of the molecule is CN1C(=O)CCc2cc(N(C)C3CNC3)ccc21. The number of benzene rings is 1. The molecule has 1 aromatic carbocycles. The van der Waals surface area contributed by atoms with E-state index in [1.807, 2.05) is 7.05 Å². The first-order chi connectivity index (χ1) is 8.66. The van der Waals surface area contributed by atoms with Gasteiger partial charge in [-0.25, -0.2) is 0 Å². The van der Waals surface area contributed by atoms with Crippen LogP contribution in [0, 0.1) is 0 Å². The molecule has 2 aliphatic heterocycles. The topological polar surface area (TPSA) is 35.6 Å². The molecule has 2 aliphatic rings. The van der Waals surface area contributed by atoms with E-state index in [-0.39, 0.29) is 5.91 Å². The highest BCUT2D eigenvalue weighted by Gasteiger charge is 2.24. The quantitative estimate of drug-likeness (QED) is 0.844. The van der Waals surface area contributed by atoms with E-state index in [1.165, 1.54) is 11.3 Å². The van der Waals surface area contributed by atoms with Gasteiger partial charge in [-0.15, -0.1) is 0 Å². The maximum atomic E-state index is 11.6. The largest absolute Gasteiger partial charge is 0.369 e. The van der Waals surface area contributed by atoms with Crippen LogP contribution < -0.4 is 15.1 Å². The van der Waals surface area contributed by atoms with Gasteiger partial charge in [0.25, 0.3) is 0 Å². The first-order valence-corrected chi connectivity index (χ1v) is 6.50. The van der Waals surface area contributed by atoms with Crippen molar-refractivity contribution in [3.05, 3.63) is 23.8 Å². The van der Waals surface area contributed by atoms with E-state index in [4.69, 9.17) is 0 Å². The fourth-order valence-electron chi connectivity index (χ4n) is 2.62. The van der Waals surface area contributed by atoms with Crippen LogP contribution in [-0.4, -0.2) is 39.1 Å². The van der Waals surface area contributed by atoms with E-state index in [0.29, 0.717) is 12.5 Å². The normalized spacial score (nSPS) is 19.4.